The highest BCUT2D eigenvalue weighted by Gasteiger charge is 2.12. The van der Waals surface area contributed by atoms with E-state index in [1.165, 1.54) is 116 Å². The molecule has 0 aliphatic heterocycles. The molecule has 0 heterocycles. The van der Waals surface area contributed by atoms with Crippen molar-refractivity contribution in [2.24, 2.45) is 0 Å². The Kier molecular flexibility index (Phi) is 24.2. The average Bonchev–Trinajstić information content (AvgIpc) is 2.73. The molecule has 174 valence electrons. The highest BCUT2D eigenvalue weighted by Crippen LogP contribution is 2.13. The number of unbranched alkanes of at least 4 members (excludes halogenated alkanes) is 16. The predicted molar refractivity (Wildman–Crippen MR) is 134 cm³/mol. The lowest BCUT2D eigenvalue weighted by Crippen LogP contribution is -2.32. The minimum absolute atomic E-state index is 0.423. The maximum atomic E-state index is 12.8. The second-order valence-electron chi connectivity index (χ2n) is 8.83. The number of amides is 1. The Bertz CT molecular complexity index is 319. The third-order valence-corrected chi connectivity index (χ3v) is 6.50. The fourth-order valence-corrected chi connectivity index (χ4v) is 4.34. The van der Waals surface area contributed by atoms with Crippen molar-refractivity contribution >= 4 is 21.8 Å². The normalized spacial score (nSPS) is 11.1. The Balaban J connectivity index is 4.00. The molecular formula is C26H52BrNO. The summed E-state index contributed by atoms with van der Waals surface area (Å²) in [5.41, 5.74) is 0. The van der Waals surface area contributed by atoms with E-state index in [-0.39, 0.29) is 0 Å². The Hall–Kier alpha value is -0.0500. The summed E-state index contributed by atoms with van der Waals surface area (Å²) < 4.78 is 0. The van der Waals surface area contributed by atoms with Crippen molar-refractivity contribution in [1.82, 2.24) is 4.90 Å². The number of carbonyl (C=O) groups excluding carboxylic acids is 1. The van der Waals surface area contributed by atoms with Crippen LogP contribution in [0.15, 0.2) is 0 Å². The second kappa shape index (κ2) is 24.2. The van der Waals surface area contributed by atoms with E-state index < -0.39 is 0 Å². The van der Waals surface area contributed by atoms with Crippen LogP contribution in [0.3, 0.4) is 0 Å². The molecule has 0 fully saturated rings. The lowest BCUT2D eigenvalue weighted by molar-refractivity contribution is -0.131. The lowest BCUT2D eigenvalue weighted by atomic mass is 10.1. The monoisotopic (exact) mass is 473 g/mol. The van der Waals surface area contributed by atoms with Crippen molar-refractivity contribution in [3.63, 3.8) is 0 Å². The first-order valence-electron chi connectivity index (χ1n) is 13.1. The van der Waals surface area contributed by atoms with Gasteiger partial charge < -0.3 is 4.90 Å². The molecule has 0 unspecified atom stereocenters. The SMILES string of the molecule is CCCCCCCCN(CCCCCCCC)C(=O)CCCCCCCCCBr. The molecule has 2 nitrogen and oxygen atoms in total. The Morgan fingerprint density at radius 2 is 0.931 bits per heavy atom. The van der Waals surface area contributed by atoms with Gasteiger partial charge in [-0.3, -0.25) is 4.79 Å². The maximum Gasteiger partial charge on any atom is 0.222 e. The van der Waals surface area contributed by atoms with Crippen molar-refractivity contribution in [3.8, 4) is 0 Å². The van der Waals surface area contributed by atoms with Crippen LogP contribution in [0.2, 0.25) is 0 Å². The fraction of sp³-hybridized carbons (Fsp3) is 0.962. The van der Waals surface area contributed by atoms with Gasteiger partial charge in [-0.1, -0.05) is 126 Å². The number of carbonyl (C=O) groups is 1. The third kappa shape index (κ3) is 21.0. The summed E-state index contributed by atoms with van der Waals surface area (Å²) in [6.07, 6.45) is 25.4. The Labute approximate surface area is 192 Å². The molecule has 0 saturated carbocycles. The Morgan fingerprint density at radius 1 is 0.552 bits per heavy atom. The minimum Gasteiger partial charge on any atom is -0.343 e. The summed E-state index contributed by atoms with van der Waals surface area (Å²) in [4.78, 5) is 15.0. The van der Waals surface area contributed by atoms with Crippen molar-refractivity contribution < 1.29 is 4.79 Å². The molecule has 0 saturated heterocycles. The fourth-order valence-electron chi connectivity index (χ4n) is 3.94. The summed E-state index contributed by atoms with van der Waals surface area (Å²) >= 11 is 3.50. The van der Waals surface area contributed by atoms with E-state index in [0.29, 0.717) is 5.91 Å². The first-order chi connectivity index (χ1) is 14.3. The number of halogens is 1. The van der Waals surface area contributed by atoms with E-state index in [9.17, 15) is 4.79 Å². The van der Waals surface area contributed by atoms with Crippen molar-refractivity contribution in [1.29, 1.82) is 0 Å². The van der Waals surface area contributed by atoms with Gasteiger partial charge in [0.15, 0.2) is 0 Å². The van der Waals surface area contributed by atoms with Crippen LogP contribution < -0.4 is 0 Å². The quantitative estimate of drug-likeness (QED) is 0.107. The van der Waals surface area contributed by atoms with Gasteiger partial charge in [-0.05, 0) is 25.7 Å². The van der Waals surface area contributed by atoms with Gasteiger partial charge in [0.2, 0.25) is 5.91 Å². The summed E-state index contributed by atoms with van der Waals surface area (Å²) in [5, 5.41) is 1.13. The minimum atomic E-state index is 0.423. The molecule has 0 aromatic carbocycles. The van der Waals surface area contributed by atoms with Crippen LogP contribution in [0, 0.1) is 0 Å². The molecule has 0 aliphatic rings. The smallest absolute Gasteiger partial charge is 0.222 e. The first kappa shape index (κ1) is 28.9. The van der Waals surface area contributed by atoms with Gasteiger partial charge in [-0.25, -0.2) is 0 Å². The van der Waals surface area contributed by atoms with Crippen molar-refractivity contribution in [2.45, 2.75) is 142 Å². The largest absolute Gasteiger partial charge is 0.343 e. The zero-order chi connectivity index (χ0) is 21.4. The molecule has 0 aromatic heterocycles. The van der Waals surface area contributed by atoms with Crippen LogP contribution in [-0.4, -0.2) is 29.2 Å². The van der Waals surface area contributed by atoms with Gasteiger partial charge in [0.05, 0.1) is 0 Å². The van der Waals surface area contributed by atoms with Crippen LogP contribution in [0.25, 0.3) is 0 Å². The van der Waals surface area contributed by atoms with E-state index in [1.807, 2.05) is 0 Å². The van der Waals surface area contributed by atoms with Gasteiger partial charge in [0, 0.05) is 24.8 Å². The number of hydrogen-bond acceptors (Lipinski definition) is 1. The summed E-state index contributed by atoms with van der Waals surface area (Å²) in [5.74, 6) is 0.423. The highest BCUT2D eigenvalue weighted by molar-refractivity contribution is 9.09. The molecule has 0 bridgehead atoms. The molecule has 0 aromatic rings. The number of rotatable bonds is 23. The van der Waals surface area contributed by atoms with Gasteiger partial charge in [-0.2, -0.15) is 0 Å². The van der Waals surface area contributed by atoms with Gasteiger partial charge in [-0.15, -0.1) is 0 Å². The zero-order valence-corrected chi connectivity index (χ0v) is 21.6. The average molecular weight is 475 g/mol. The molecule has 0 spiro atoms. The van der Waals surface area contributed by atoms with E-state index in [4.69, 9.17) is 0 Å². The van der Waals surface area contributed by atoms with Gasteiger partial charge >= 0.3 is 0 Å². The maximum absolute atomic E-state index is 12.8. The molecule has 0 aliphatic carbocycles. The predicted octanol–water partition coefficient (Wildman–Crippen LogP) is 9.05. The number of hydrogen-bond donors (Lipinski definition) is 0. The molecule has 0 radical (unpaired) electrons. The summed E-state index contributed by atoms with van der Waals surface area (Å²) in [6.45, 7) is 6.52. The van der Waals surface area contributed by atoms with Crippen LogP contribution in [0.1, 0.15) is 142 Å². The van der Waals surface area contributed by atoms with E-state index in [0.717, 1.165) is 31.3 Å². The standard InChI is InChI=1S/C26H52BrNO/c1-3-5-7-9-16-20-24-28(25-21-17-10-8-6-4-2)26(29)22-18-14-12-11-13-15-19-23-27/h3-25H2,1-2H3. The van der Waals surface area contributed by atoms with Crippen LogP contribution in [0.4, 0.5) is 0 Å². The van der Waals surface area contributed by atoms with Crippen LogP contribution >= 0.6 is 15.9 Å². The van der Waals surface area contributed by atoms with Crippen molar-refractivity contribution in [2.75, 3.05) is 18.4 Å². The molecule has 0 atom stereocenters. The molecule has 0 N–H and O–H groups in total. The summed E-state index contributed by atoms with van der Waals surface area (Å²) in [7, 11) is 0. The molecule has 1 amide bonds. The molecule has 3 heteroatoms. The number of nitrogens with zero attached hydrogens (tertiary/aromatic N) is 1. The molecular weight excluding hydrogens is 422 g/mol. The summed E-state index contributed by atoms with van der Waals surface area (Å²) in [6, 6.07) is 0. The van der Waals surface area contributed by atoms with Crippen molar-refractivity contribution in [3.05, 3.63) is 0 Å². The topological polar surface area (TPSA) is 20.3 Å². The Morgan fingerprint density at radius 3 is 1.38 bits per heavy atom. The van der Waals surface area contributed by atoms with E-state index in [1.54, 1.807) is 0 Å². The third-order valence-electron chi connectivity index (χ3n) is 5.94. The highest BCUT2D eigenvalue weighted by atomic mass is 79.9. The number of alkyl halides is 1. The zero-order valence-electron chi connectivity index (χ0n) is 20.0. The second-order valence-corrected chi connectivity index (χ2v) is 9.62. The van der Waals surface area contributed by atoms with Gasteiger partial charge in [0.25, 0.3) is 0 Å². The van der Waals surface area contributed by atoms with E-state index >= 15 is 0 Å². The van der Waals surface area contributed by atoms with Gasteiger partial charge in [0.1, 0.15) is 0 Å². The molecule has 0 rings (SSSR count). The van der Waals surface area contributed by atoms with Crippen LogP contribution in [0.5, 0.6) is 0 Å². The molecule has 29 heavy (non-hydrogen) atoms. The van der Waals surface area contributed by atoms with E-state index in [2.05, 4.69) is 34.7 Å². The van der Waals surface area contributed by atoms with Crippen LogP contribution in [-0.2, 0) is 4.79 Å². The lowest BCUT2D eigenvalue weighted by Gasteiger charge is -2.23. The first-order valence-corrected chi connectivity index (χ1v) is 14.2.